The molecule has 0 aliphatic heterocycles. The van der Waals surface area contributed by atoms with Crippen LogP contribution in [0.5, 0.6) is 0 Å². The molecule has 1 aromatic rings. The van der Waals surface area contributed by atoms with Crippen LogP contribution >= 0.6 is 0 Å². The van der Waals surface area contributed by atoms with Crippen molar-refractivity contribution in [3.63, 3.8) is 0 Å². The van der Waals surface area contributed by atoms with Crippen molar-refractivity contribution in [3.05, 3.63) is 29.6 Å². The Kier molecular flexibility index (Phi) is 4.28. The summed E-state index contributed by atoms with van der Waals surface area (Å²) in [5.74, 6) is -1.02. The molecule has 0 saturated carbocycles. The molecule has 16 heavy (non-hydrogen) atoms. The minimum absolute atomic E-state index is 0.0262. The van der Waals surface area contributed by atoms with Gasteiger partial charge >= 0.3 is 5.97 Å². The SMILES string of the molecule is CCOC(=O)CNc1ccc(C#N)c(F)c1. The second-order valence-corrected chi connectivity index (χ2v) is 2.97. The highest BCUT2D eigenvalue weighted by Gasteiger charge is 2.04. The molecule has 4 nitrogen and oxygen atoms in total. The first-order valence-electron chi connectivity index (χ1n) is 4.76. The molecule has 0 fully saturated rings. The molecular weight excluding hydrogens is 211 g/mol. The number of nitriles is 1. The molecule has 1 rings (SSSR count). The number of halogens is 1. The van der Waals surface area contributed by atoms with E-state index in [0.717, 1.165) is 6.07 Å². The van der Waals surface area contributed by atoms with Crippen LogP contribution in [-0.2, 0) is 9.53 Å². The number of benzene rings is 1. The number of hydrogen-bond donors (Lipinski definition) is 1. The first-order chi connectivity index (χ1) is 7.67. The highest BCUT2D eigenvalue weighted by Crippen LogP contribution is 2.13. The van der Waals surface area contributed by atoms with E-state index < -0.39 is 11.8 Å². The predicted octanol–water partition coefficient (Wildman–Crippen LogP) is 1.67. The Hall–Kier alpha value is -2.09. The third kappa shape index (κ3) is 3.24. The summed E-state index contributed by atoms with van der Waals surface area (Å²) in [6.07, 6.45) is 0. The third-order valence-electron chi connectivity index (χ3n) is 1.83. The summed E-state index contributed by atoms with van der Waals surface area (Å²) in [5.41, 5.74) is 0.409. The molecular formula is C11H11FN2O2. The highest BCUT2D eigenvalue weighted by molar-refractivity contribution is 5.75. The molecule has 0 unspecified atom stereocenters. The summed E-state index contributed by atoms with van der Waals surface area (Å²) in [6.45, 7) is 1.99. The quantitative estimate of drug-likeness (QED) is 0.787. The van der Waals surface area contributed by atoms with Crippen molar-refractivity contribution in [2.45, 2.75) is 6.92 Å². The fraction of sp³-hybridized carbons (Fsp3) is 0.273. The van der Waals surface area contributed by atoms with E-state index in [1.165, 1.54) is 12.1 Å². The Morgan fingerprint density at radius 3 is 2.94 bits per heavy atom. The maximum Gasteiger partial charge on any atom is 0.325 e. The van der Waals surface area contributed by atoms with E-state index in [9.17, 15) is 9.18 Å². The number of hydrogen-bond acceptors (Lipinski definition) is 4. The van der Waals surface area contributed by atoms with Gasteiger partial charge in [-0.05, 0) is 25.1 Å². The molecule has 1 aromatic carbocycles. The molecule has 1 N–H and O–H groups in total. The second-order valence-electron chi connectivity index (χ2n) is 2.97. The zero-order chi connectivity index (χ0) is 12.0. The molecule has 0 atom stereocenters. The lowest BCUT2D eigenvalue weighted by atomic mass is 10.2. The van der Waals surface area contributed by atoms with Crippen LogP contribution in [0.3, 0.4) is 0 Å². The first kappa shape index (κ1) is 12.0. The Bertz CT molecular complexity index is 426. The van der Waals surface area contributed by atoms with Crippen LogP contribution < -0.4 is 5.32 Å². The Labute approximate surface area is 92.6 Å². The number of nitrogens with one attached hydrogen (secondary N) is 1. The fourth-order valence-electron chi connectivity index (χ4n) is 1.10. The van der Waals surface area contributed by atoms with Crippen LogP contribution in [0.1, 0.15) is 12.5 Å². The number of rotatable bonds is 4. The standard InChI is InChI=1S/C11H11FN2O2/c1-2-16-11(15)7-14-9-4-3-8(6-13)10(12)5-9/h3-5,14H,2,7H2,1H3. The van der Waals surface area contributed by atoms with Gasteiger partial charge in [-0.15, -0.1) is 0 Å². The molecule has 0 aliphatic carbocycles. The summed E-state index contributed by atoms with van der Waals surface area (Å²) in [5, 5.41) is 11.2. The molecule has 0 spiro atoms. The van der Waals surface area contributed by atoms with Crippen LogP contribution in [0.25, 0.3) is 0 Å². The summed E-state index contributed by atoms with van der Waals surface area (Å²) < 4.78 is 17.8. The van der Waals surface area contributed by atoms with Crippen molar-refractivity contribution >= 4 is 11.7 Å². The molecule has 84 valence electrons. The second kappa shape index (κ2) is 5.71. The summed E-state index contributed by atoms with van der Waals surface area (Å²) in [6, 6.07) is 5.76. The van der Waals surface area contributed by atoms with Gasteiger partial charge in [0.25, 0.3) is 0 Å². The van der Waals surface area contributed by atoms with Crippen LogP contribution in [-0.4, -0.2) is 19.1 Å². The lowest BCUT2D eigenvalue weighted by molar-refractivity contribution is -0.140. The molecule has 0 radical (unpaired) electrons. The molecule has 0 aliphatic rings. The van der Waals surface area contributed by atoms with E-state index in [4.69, 9.17) is 10.00 Å². The van der Waals surface area contributed by atoms with Gasteiger partial charge in [0.1, 0.15) is 18.4 Å². The maximum atomic E-state index is 13.1. The number of esters is 1. The van der Waals surface area contributed by atoms with Gasteiger partial charge in [0.2, 0.25) is 0 Å². The molecule has 0 heterocycles. The predicted molar refractivity (Wildman–Crippen MR) is 56.2 cm³/mol. The minimum Gasteiger partial charge on any atom is -0.465 e. The van der Waals surface area contributed by atoms with Crippen molar-refractivity contribution in [3.8, 4) is 6.07 Å². The molecule has 0 saturated heterocycles. The number of ether oxygens (including phenoxy) is 1. The van der Waals surface area contributed by atoms with Gasteiger partial charge < -0.3 is 10.1 Å². The van der Waals surface area contributed by atoms with E-state index >= 15 is 0 Å². The lowest BCUT2D eigenvalue weighted by Crippen LogP contribution is -2.16. The average molecular weight is 222 g/mol. The topological polar surface area (TPSA) is 62.1 Å². The Balaban J connectivity index is 2.59. The summed E-state index contributed by atoms with van der Waals surface area (Å²) in [4.78, 5) is 11.0. The molecule has 0 bridgehead atoms. The van der Waals surface area contributed by atoms with Gasteiger partial charge in [-0.2, -0.15) is 5.26 Å². The monoisotopic (exact) mass is 222 g/mol. The van der Waals surface area contributed by atoms with Crippen LogP contribution in [0.4, 0.5) is 10.1 Å². The maximum absolute atomic E-state index is 13.1. The van der Waals surface area contributed by atoms with E-state index in [2.05, 4.69) is 5.32 Å². The summed E-state index contributed by atoms with van der Waals surface area (Å²) in [7, 11) is 0. The van der Waals surface area contributed by atoms with Gasteiger partial charge in [-0.25, -0.2) is 4.39 Å². The van der Waals surface area contributed by atoms with E-state index in [1.807, 2.05) is 0 Å². The smallest absolute Gasteiger partial charge is 0.325 e. The van der Waals surface area contributed by atoms with Gasteiger partial charge in [0.05, 0.1) is 12.2 Å². The minimum atomic E-state index is -0.614. The Morgan fingerprint density at radius 2 is 2.38 bits per heavy atom. The van der Waals surface area contributed by atoms with Crippen molar-refractivity contribution < 1.29 is 13.9 Å². The third-order valence-corrected chi connectivity index (χ3v) is 1.83. The Morgan fingerprint density at radius 1 is 1.62 bits per heavy atom. The van der Waals surface area contributed by atoms with Gasteiger partial charge in [-0.3, -0.25) is 4.79 Å². The van der Waals surface area contributed by atoms with Crippen molar-refractivity contribution in [1.82, 2.24) is 0 Å². The number of anilines is 1. The zero-order valence-corrected chi connectivity index (χ0v) is 8.79. The van der Waals surface area contributed by atoms with E-state index in [0.29, 0.717) is 12.3 Å². The van der Waals surface area contributed by atoms with Crippen molar-refractivity contribution in [2.24, 2.45) is 0 Å². The van der Waals surface area contributed by atoms with Gasteiger partial charge in [-0.1, -0.05) is 0 Å². The molecule has 5 heteroatoms. The number of nitrogens with zero attached hydrogens (tertiary/aromatic N) is 1. The van der Waals surface area contributed by atoms with Crippen molar-refractivity contribution in [1.29, 1.82) is 5.26 Å². The summed E-state index contributed by atoms with van der Waals surface area (Å²) >= 11 is 0. The molecule has 0 amide bonds. The van der Waals surface area contributed by atoms with Crippen molar-refractivity contribution in [2.75, 3.05) is 18.5 Å². The van der Waals surface area contributed by atoms with Gasteiger partial charge in [0, 0.05) is 5.69 Å². The average Bonchev–Trinajstić information content (AvgIpc) is 2.27. The van der Waals surface area contributed by atoms with Gasteiger partial charge in [0.15, 0.2) is 0 Å². The van der Waals surface area contributed by atoms with Crippen LogP contribution in [0.2, 0.25) is 0 Å². The number of carbonyl (C=O) groups is 1. The largest absolute Gasteiger partial charge is 0.465 e. The zero-order valence-electron chi connectivity index (χ0n) is 8.79. The normalized spacial score (nSPS) is 9.31. The van der Waals surface area contributed by atoms with Crippen LogP contribution in [0.15, 0.2) is 18.2 Å². The molecule has 0 aromatic heterocycles. The lowest BCUT2D eigenvalue weighted by Gasteiger charge is -2.06. The van der Waals surface area contributed by atoms with Crippen LogP contribution in [0, 0.1) is 17.1 Å². The fourth-order valence-corrected chi connectivity index (χ4v) is 1.10. The number of carbonyl (C=O) groups excluding carboxylic acids is 1. The van der Waals surface area contributed by atoms with E-state index in [1.54, 1.807) is 13.0 Å². The first-order valence-corrected chi connectivity index (χ1v) is 4.76. The highest BCUT2D eigenvalue weighted by atomic mass is 19.1. The van der Waals surface area contributed by atoms with E-state index in [-0.39, 0.29) is 12.1 Å².